The van der Waals surface area contributed by atoms with Crippen molar-refractivity contribution in [3.8, 4) is 0 Å². The van der Waals surface area contributed by atoms with Crippen LogP contribution in [0.15, 0.2) is 18.3 Å². The van der Waals surface area contributed by atoms with Crippen molar-refractivity contribution in [1.82, 2.24) is 10.3 Å². The third kappa shape index (κ3) is 2.19. The number of hydrogen-bond donors (Lipinski definition) is 2. The third-order valence-corrected chi connectivity index (χ3v) is 4.10. The summed E-state index contributed by atoms with van der Waals surface area (Å²) in [6.07, 6.45) is 3.80. The van der Waals surface area contributed by atoms with Gasteiger partial charge in [0.15, 0.2) is 5.78 Å². The molecule has 1 aliphatic heterocycles. The smallest absolute Gasteiger partial charge is 0.168 e. The van der Waals surface area contributed by atoms with Crippen LogP contribution in [0.3, 0.4) is 0 Å². The van der Waals surface area contributed by atoms with E-state index >= 15 is 0 Å². The molecular formula is C16H20N2O. The van der Waals surface area contributed by atoms with Gasteiger partial charge in [-0.15, -0.1) is 0 Å². The Labute approximate surface area is 113 Å². The second-order valence-corrected chi connectivity index (χ2v) is 5.60. The number of rotatable bonds is 2. The van der Waals surface area contributed by atoms with Crippen molar-refractivity contribution in [1.29, 1.82) is 0 Å². The quantitative estimate of drug-likeness (QED) is 0.811. The van der Waals surface area contributed by atoms with E-state index in [1.165, 1.54) is 11.1 Å². The molecule has 2 aromatic rings. The number of aromatic amines is 1. The van der Waals surface area contributed by atoms with E-state index in [0.29, 0.717) is 5.78 Å². The summed E-state index contributed by atoms with van der Waals surface area (Å²) in [4.78, 5) is 15.9. The molecule has 3 nitrogen and oxygen atoms in total. The van der Waals surface area contributed by atoms with Gasteiger partial charge < -0.3 is 10.3 Å². The number of carbonyl (C=O) groups excluding carboxylic acids is 1. The average Bonchev–Trinajstić information content (AvgIpc) is 2.83. The Morgan fingerprint density at radius 1 is 1.21 bits per heavy atom. The van der Waals surface area contributed by atoms with Gasteiger partial charge in [-0.2, -0.15) is 0 Å². The molecule has 0 aliphatic carbocycles. The van der Waals surface area contributed by atoms with E-state index in [1.807, 2.05) is 6.20 Å². The number of fused-ring (bicyclic) bond motifs is 1. The van der Waals surface area contributed by atoms with Crippen LogP contribution >= 0.6 is 0 Å². The summed E-state index contributed by atoms with van der Waals surface area (Å²) < 4.78 is 0. The predicted octanol–water partition coefficient (Wildman–Crippen LogP) is 2.97. The molecule has 19 heavy (non-hydrogen) atoms. The van der Waals surface area contributed by atoms with Crippen molar-refractivity contribution in [2.75, 3.05) is 13.1 Å². The van der Waals surface area contributed by atoms with Crippen LogP contribution in [0.2, 0.25) is 0 Å². The van der Waals surface area contributed by atoms with Crippen LogP contribution in [-0.4, -0.2) is 23.9 Å². The molecule has 0 amide bonds. The third-order valence-electron chi connectivity index (χ3n) is 4.10. The minimum absolute atomic E-state index is 0.181. The fourth-order valence-electron chi connectivity index (χ4n) is 3.16. The van der Waals surface area contributed by atoms with Gasteiger partial charge in [0.05, 0.1) is 0 Å². The minimum atomic E-state index is 0.181. The summed E-state index contributed by atoms with van der Waals surface area (Å²) in [6.45, 7) is 6.08. The minimum Gasteiger partial charge on any atom is -0.360 e. The second kappa shape index (κ2) is 4.82. The molecule has 100 valence electrons. The first-order valence-corrected chi connectivity index (χ1v) is 7.00. The molecule has 3 rings (SSSR count). The molecule has 2 N–H and O–H groups in total. The van der Waals surface area contributed by atoms with Crippen LogP contribution in [0.4, 0.5) is 0 Å². The van der Waals surface area contributed by atoms with Gasteiger partial charge in [-0.3, -0.25) is 4.79 Å². The largest absolute Gasteiger partial charge is 0.360 e. The molecule has 3 heteroatoms. The first kappa shape index (κ1) is 12.4. The zero-order valence-electron chi connectivity index (χ0n) is 11.5. The molecular weight excluding hydrogens is 236 g/mol. The lowest BCUT2D eigenvalue weighted by atomic mass is 9.88. The molecule has 1 saturated heterocycles. The standard InChI is InChI=1S/C16H20N2O/c1-10-7-11(2)15-13(9-18-14(15)8-10)16(19)12-3-5-17-6-4-12/h7-9,12,17-18H,3-6H2,1-2H3. The molecule has 1 aromatic heterocycles. The molecule has 0 spiro atoms. The SMILES string of the molecule is Cc1cc(C)c2c(C(=O)C3CCNCC3)c[nH]c2c1. The van der Waals surface area contributed by atoms with Crippen molar-refractivity contribution in [3.05, 3.63) is 35.0 Å². The maximum absolute atomic E-state index is 12.7. The maximum atomic E-state index is 12.7. The second-order valence-electron chi connectivity index (χ2n) is 5.60. The molecule has 1 fully saturated rings. The van der Waals surface area contributed by atoms with Crippen LogP contribution in [0.5, 0.6) is 0 Å². The molecule has 1 aromatic carbocycles. The van der Waals surface area contributed by atoms with E-state index in [-0.39, 0.29) is 5.92 Å². The number of hydrogen-bond acceptors (Lipinski definition) is 2. The van der Waals surface area contributed by atoms with Crippen molar-refractivity contribution in [3.63, 3.8) is 0 Å². The van der Waals surface area contributed by atoms with E-state index in [1.54, 1.807) is 0 Å². The van der Waals surface area contributed by atoms with Crippen LogP contribution < -0.4 is 5.32 Å². The van der Waals surface area contributed by atoms with Gasteiger partial charge in [0, 0.05) is 28.6 Å². The molecule has 2 heterocycles. The number of H-pyrrole nitrogens is 1. The van der Waals surface area contributed by atoms with E-state index < -0.39 is 0 Å². The Balaban J connectivity index is 2.03. The number of aromatic nitrogens is 1. The predicted molar refractivity (Wildman–Crippen MR) is 77.7 cm³/mol. The molecule has 0 atom stereocenters. The lowest BCUT2D eigenvalue weighted by Gasteiger charge is -2.21. The monoisotopic (exact) mass is 256 g/mol. The topological polar surface area (TPSA) is 44.9 Å². The Bertz CT molecular complexity index is 621. The van der Waals surface area contributed by atoms with Crippen LogP contribution in [0, 0.1) is 19.8 Å². The lowest BCUT2D eigenvalue weighted by molar-refractivity contribution is 0.0897. The van der Waals surface area contributed by atoms with Gasteiger partial charge in [0.2, 0.25) is 0 Å². The summed E-state index contributed by atoms with van der Waals surface area (Å²) in [5.41, 5.74) is 4.37. The number of Topliss-reactive ketones (excluding diaryl/α,β-unsaturated/α-hetero) is 1. The van der Waals surface area contributed by atoms with E-state index in [2.05, 4.69) is 36.3 Å². The van der Waals surface area contributed by atoms with Crippen molar-refractivity contribution in [2.45, 2.75) is 26.7 Å². The zero-order chi connectivity index (χ0) is 13.4. The summed E-state index contributed by atoms with van der Waals surface area (Å²) in [5, 5.41) is 4.42. The van der Waals surface area contributed by atoms with Crippen molar-refractivity contribution < 1.29 is 4.79 Å². The van der Waals surface area contributed by atoms with Crippen molar-refractivity contribution in [2.24, 2.45) is 5.92 Å². The molecule has 0 bridgehead atoms. The highest BCUT2D eigenvalue weighted by Gasteiger charge is 2.24. The molecule has 1 aliphatic rings. The first-order chi connectivity index (χ1) is 9.16. The Morgan fingerprint density at radius 3 is 2.68 bits per heavy atom. The maximum Gasteiger partial charge on any atom is 0.168 e. The van der Waals surface area contributed by atoms with Crippen LogP contribution in [0.1, 0.15) is 34.3 Å². The van der Waals surface area contributed by atoms with Gasteiger partial charge in [-0.25, -0.2) is 0 Å². The van der Waals surface area contributed by atoms with Crippen LogP contribution in [0.25, 0.3) is 10.9 Å². The number of aryl methyl sites for hydroxylation is 2. The number of ketones is 1. The summed E-state index contributed by atoms with van der Waals surface area (Å²) in [7, 11) is 0. The Kier molecular flexibility index (Phi) is 3.15. The highest BCUT2D eigenvalue weighted by atomic mass is 16.1. The summed E-state index contributed by atoms with van der Waals surface area (Å²) in [5.74, 6) is 0.487. The summed E-state index contributed by atoms with van der Waals surface area (Å²) >= 11 is 0. The Hall–Kier alpha value is -1.61. The molecule has 0 saturated carbocycles. The number of carbonyl (C=O) groups is 1. The van der Waals surface area contributed by atoms with Gasteiger partial charge in [0.1, 0.15) is 0 Å². The van der Waals surface area contributed by atoms with Gasteiger partial charge in [-0.05, 0) is 57.0 Å². The fraction of sp³-hybridized carbons (Fsp3) is 0.438. The van der Waals surface area contributed by atoms with Gasteiger partial charge >= 0.3 is 0 Å². The normalized spacial score (nSPS) is 16.9. The average molecular weight is 256 g/mol. The first-order valence-electron chi connectivity index (χ1n) is 7.00. The van der Waals surface area contributed by atoms with Crippen molar-refractivity contribution >= 4 is 16.7 Å². The van der Waals surface area contributed by atoms with Crippen LogP contribution in [-0.2, 0) is 0 Å². The number of piperidine rings is 1. The zero-order valence-corrected chi connectivity index (χ0v) is 11.5. The summed E-state index contributed by atoms with van der Waals surface area (Å²) in [6, 6.07) is 4.26. The van der Waals surface area contributed by atoms with Gasteiger partial charge in [-0.1, -0.05) is 6.07 Å². The van der Waals surface area contributed by atoms with E-state index in [4.69, 9.17) is 0 Å². The number of benzene rings is 1. The fourth-order valence-corrected chi connectivity index (χ4v) is 3.16. The lowest BCUT2D eigenvalue weighted by Crippen LogP contribution is -2.31. The molecule has 0 radical (unpaired) electrons. The number of nitrogens with one attached hydrogen (secondary N) is 2. The highest BCUT2D eigenvalue weighted by molar-refractivity contribution is 6.10. The van der Waals surface area contributed by atoms with E-state index in [0.717, 1.165) is 42.4 Å². The van der Waals surface area contributed by atoms with E-state index in [9.17, 15) is 4.79 Å². The highest BCUT2D eigenvalue weighted by Crippen LogP contribution is 2.28. The Morgan fingerprint density at radius 2 is 1.95 bits per heavy atom. The van der Waals surface area contributed by atoms with Gasteiger partial charge in [0.25, 0.3) is 0 Å². The molecule has 0 unspecified atom stereocenters.